The Kier molecular flexibility index (Phi) is 5.85. The zero-order valence-electron chi connectivity index (χ0n) is 16.7. The molecule has 0 saturated carbocycles. The van der Waals surface area contributed by atoms with Gasteiger partial charge in [0.1, 0.15) is 18.1 Å². The van der Waals surface area contributed by atoms with E-state index in [9.17, 15) is 4.79 Å². The average molecular weight is 432 g/mol. The van der Waals surface area contributed by atoms with E-state index in [4.69, 9.17) is 30.2 Å². The summed E-state index contributed by atoms with van der Waals surface area (Å²) in [7, 11) is 0. The molecule has 4 rings (SSSR count). The van der Waals surface area contributed by atoms with Gasteiger partial charge in [-0.15, -0.1) is 0 Å². The van der Waals surface area contributed by atoms with Crippen LogP contribution < -0.4 is 19.5 Å². The van der Waals surface area contributed by atoms with Crippen LogP contribution in [0.25, 0.3) is 0 Å². The highest BCUT2D eigenvalue weighted by atomic mass is 35.5. The zero-order chi connectivity index (χ0) is 21.1. The van der Waals surface area contributed by atoms with Gasteiger partial charge in [0.05, 0.1) is 16.4 Å². The number of hydrogen-bond donors (Lipinski definition) is 1. The Morgan fingerprint density at radius 3 is 2.87 bits per heavy atom. The van der Waals surface area contributed by atoms with Gasteiger partial charge in [-0.1, -0.05) is 11.6 Å². The van der Waals surface area contributed by atoms with Crippen LogP contribution in [0.5, 0.6) is 17.2 Å². The molecular formula is C21H22ClN3O5. The number of nitrogens with one attached hydrogen (secondary N) is 1. The second-order valence-corrected chi connectivity index (χ2v) is 7.27. The standard InChI is InChI=1S/C21H22ClN3O5/c1-13-20(22)14(2)25(24-13)9-3-8-23-21(26)18-7-5-16(30-18)11-27-15-4-6-17-19(10-15)29-12-28-17/h4-7,10H,3,8-9,11-12H2,1-2H3,(H,23,26). The van der Waals surface area contributed by atoms with Crippen LogP contribution in [0.15, 0.2) is 34.7 Å². The van der Waals surface area contributed by atoms with Crippen molar-refractivity contribution in [3.8, 4) is 17.2 Å². The van der Waals surface area contributed by atoms with Crippen LogP contribution in [0.4, 0.5) is 0 Å². The highest BCUT2D eigenvalue weighted by molar-refractivity contribution is 6.31. The molecule has 0 unspecified atom stereocenters. The Hall–Kier alpha value is -3.13. The smallest absolute Gasteiger partial charge is 0.286 e. The fourth-order valence-corrected chi connectivity index (χ4v) is 3.24. The number of carbonyl (C=O) groups is 1. The van der Waals surface area contributed by atoms with Crippen LogP contribution in [-0.2, 0) is 13.2 Å². The minimum Gasteiger partial charge on any atom is -0.486 e. The van der Waals surface area contributed by atoms with Gasteiger partial charge in [-0.3, -0.25) is 9.48 Å². The van der Waals surface area contributed by atoms with E-state index in [1.807, 2.05) is 18.5 Å². The third kappa shape index (κ3) is 4.38. The molecule has 0 bridgehead atoms. The van der Waals surface area contributed by atoms with E-state index < -0.39 is 0 Å². The number of hydrogen-bond acceptors (Lipinski definition) is 6. The molecule has 8 nitrogen and oxygen atoms in total. The van der Waals surface area contributed by atoms with Crippen molar-refractivity contribution < 1.29 is 23.4 Å². The van der Waals surface area contributed by atoms with Crippen LogP contribution in [0.2, 0.25) is 5.02 Å². The Morgan fingerprint density at radius 1 is 1.23 bits per heavy atom. The van der Waals surface area contributed by atoms with E-state index in [1.165, 1.54) is 0 Å². The number of aryl methyl sites for hydroxylation is 2. The lowest BCUT2D eigenvalue weighted by Gasteiger charge is -2.06. The molecule has 0 fully saturated rings. The Balaban J connectivity index is 1.23. The second kappa shape index (κ2) is 8.71. The van der Waals surface area contributed by atoms with Crippen molar-refractivity contribution in [2.45, 2.75) is 33.4 Å². The van der Waals surface area contributed by atoms with Gasteiger partial charge < -0.3 is 23.9 Å². The molecule has 1 aromatic carbocycles. The van der Waals surface area contributed by atoms with Gasteiger partial charge in [-0.25, -0.2) is 0 Å². The maximum Gasteiger partial charge on any atom is 0.286 e. The van der Waals surface area contributed by atoms with Crippen molar-refractivity contribution in [3.63, 3.8) is 0 Å². The fraction of sp³-hybridized carbons (Fsp3) is 0.333. The van der Waals surface area contributed by atoms with Gasteiger partial charge in [0.2, 0.25) is 6.79 Å². The lowest BCUT2D eigenvalue weighted by Crippen LogP contribution is -2.25. The molecule has 0 radical (unpaired) electrons. The van der Waals surface area contributed by atoms with Crippen molar-refractivity contribution in [1.29, 1.82) is 0 Å². The first-order valence-electron chi connectivity index (χ1n) is 9.60. The lowest BCUT2D eigenvalue weighted by atomic mass is 10.3. The summed E-state index contributed by atoms with van der Waals surface area (Å²) >= 11 is 6.15. The van der Waals surface area contributed by atoms with Gasteiger partial charge in [0, 0.05) is 19.2 Å². The molecule has 3 aromatic rings. The largest absolute Gasteiger partial charge is 0.486 e. The maximum absolute atomic E-state index is 12.3. The molecule has 1 N–H and O–H groups in total. The molecule has 1 aliphatic heterocycles. The number of fused-ring (bicyclic) bond motifs is 1. The molecule has 0 atom stereocenters. The molecule has 30 heavy (non-hydrogen) atoms. The Morgan fingerprint density at radius 2 is 2.07 bits per heavy atom. The number of halogens is 1. The number of nitrogens with zero attached hydrogens (tertiary/aromatic N) is 2. The molecule has 3 heterocycles. The van der Waals surface area contributed by atoms with Crippen molar-refractivity contribution in [2.24, 2.45) is 0 Å². The van der Waals surface area contributed by atoms with E-state index in [-0.39, 0.29) is 25.1 Å². The van der Waals surface area contributed by atoms with E-state index in [0.29, 0.717) is 41.1 Å². The van der Waals surface area contributed by atoms with Crippen molar-refractivity contribution in [3.05, 3.63) is 58.3 Å². The van der Waals surface area contributed by atoms with Gasteiger partial charge in [0.15, 0.2) is 17.3 Å². The number of furan rings is 1. The van der Waals surface area contributed by atoms with Crippen LogP contribution in [-0.4, -0.2) is 29.0 Å². The summed E-state index contributed by atoms with van der Waals surface area (Å²) < 4.78 is 23.7. The molecule has 1 aliphatic rings. The van der Waals surface area contributed by atoms with E-state index in [1.54, 1.807) is 30.3 Å². The summed E-state index contributed by atoms with van der Waals surface area (Å²) in [5, 5.41) is 7.91. The molecule has 158 valence electrons. The van der Waals surface area contributed by atoms with Gasteiger partial charge in [-0.05, 0) is 44.5 Å². The van der Waals surface area contributed by atoms with Crippen molar-refractivity contribution in [1.82, 2.24) is 15.1 Å². The summed E-state index contributed by atoms with van der Waals surface area (Å²) in [6.07, 6.45) is 0.727. The predicted molar refractivity (Wildman–Crippen MR) is 109 cm³/mol. The molecule has 9 heteroatoms. The molecule has 0 saturated heterocycles. The third-order valence-corrected chi connectivity index (χ3v) is 5.28. The Bertz CT molecular complexity index is 1060. The number of carbonyl (C=O) groups excluding carboxylic acids is 1. The SMILES string of the molecule is Cc1nn(CCCNC(=O)c2ccc(COc3ccc4c(c3)OCO4)o2)c(C)c1Cl. The number of ether oxygens (including phenoxy) is 3. The summed E-state index contributed by atoms with van der Waals surface area (Å²) in [5.74, 6) is 2.50. The van der Waals surface area contributed by atoms with E-state index >= 15 is 0 Å². The zero-order valence-corrected chi connectivity index (χ0v) is 17.5. The summed E-state index contributed by atoms with van der Waals surface area (Å²) in [4.78, 5) is 12.3. The number of benzene rings is 1. The van der Waals surface area contributed by atoms with Crippen LogP contribution >= 0.6 is 11.6 Å². The van der Waals surface area contributed by atoms with Gasteiger partial charge >= 0.3 is 0 Å². The normalized spacial score (nSPS) is 12.2. The summed E-state index contributed by atoms with van der Waals surface area (Å²) in [5.41, 5.74) is 1.74. The third-order valence-electron chi connectivity index (χ3n) is 4.74. The number of rotatable bonds is 8. The predicted octanol–water partition coefficient (Wildman–Crippen LogP) is 3.87. The Labute approximate surface area is 178 Å². The molecule has 0 spiro atoms. The van der Waals surface area contributed by atoms with Gasteiger partial charge in [-0.2, -0.15) is 5.10 Å². The number of amides is 1. The molecular weight excluding hydrogens is 410 g/mol. The van der Waals surface area contributed by atoms with Crippen LogP contribution in [0.1, 0.15) is 34.1 Å². The first-order valence-corrected chi connectivity index (χ1v) is 9.98. The lowest BCUT2D eigenvalue weighted by molar-refractivity contribution is 0.0920. The van der Waals surface area contributed by atoms with E-state index in [0.717, 1.165) is 17.8 Å². The minimum atomic E-state index is -0.268. The summed E-state index contributed by atoms with van der Waals surface area (Å²) in [6, 6.07) is 8.70. The molecule has 1 amide bonds. The van der Waals surface area contributed by atoms with Crippen LogP contribution in [0.3, 0.4) is 0 Å². The monoisotopic (exact) mass is 431 g/mol. The fourth-order valence-electron chi connectivity index (χ4n) is 3.11. The van der Waals surface area contributed by atoms with Crippen molar-refractivity contribution in [2.75, 3.05) is 13.3 Å². The van der Waals surface area contributed by atoms with Gasteiger partial charge in [0.25, 0.3) is 5.91 Å². The van der Waals surface area contributed by atoms with Crippen LogP contribution in [0, 0.1) is 13.8 Å². The summed E-state index contributed by atoms with van der Waals surface area (Å²) in [6.45, 7) is 5.39. The highest BCUT2D eigenvalue weighted by Gasteiger charge is 2.15. The first kappa shape index (κ1) is 20.2. The minimum absolute atomic E-state index is 0.200. The number of aromatic nitrogens is 2. The average Bonchev–Trinajstić information content (AvgIpc) is 3.46. The maximum atomic E-state index is 12.3. The van der Waals surface area contributed by atoms with E-state index in [2.05, 4.69) is 10.4 Å². The molecule has 2 aromatic heterocycles. The molecule has 0 aliphatic carbocycles. The second-order valence-electron chi connectivity index (χ2n) is 6.89. The topological polar surface area (TPSA) is 87.8 Å². The van der Waals surface area contributed by atoms with Crippen molar-refractivity contribution >= 4 is 17.5 Å². The quantitative estimate of drug-likeness (QED) is 0.545. The first-order chi connectivity index (χ1) is 14.5. The highest BCUT2D eigenvalue weighted by Crippen LogP contribution is 2.35.